The molecule has 0 aliphatic heterocycles. The molecule has 0 amide bonds. The highest BCUT2D eigenvalue weighted by Crippen LogP contribution is 2.25. The first-order chi connectivity index (χ1) is 13.4. The Hall–Kier alpha value is -1.61. The van der Waals surface area contributed by atoms with Crippen molar-refractivity contribution >= 4 is 38.9 Å². The van der Waals surface area contributed by atoms with Crippen molar-refractivity contribution in [3.63, 3.8) is 0 Å². The summed E-state index contributed by atoms with van der Waals surface area (Å²) >= 11 is 7.22. The molecule has 0 saturated heterocycles. The average molecular weight is 443 g/mol. The maximum atomic E-state index is 12.6. The predicted molar refractivity (Wildman–Crippen MR) is 118 cm³/mol. The number of hydrogen-bond donors (Lipinski definition) is 2. The van der Waals surface area contributed by atoms with Crippen LogP contribution in [0.5, 0.6) is 0 Å². The van der Waals surface area contributed by atoms with Gasteiger partial charge >= 0.3 is 0 Å². The molecule has 0 aliphatic carbocycles. The van der Waals surface area contributed by atoms with Gasteiger partial charge in [0.2, 0.25) is 0 Å². The van der Waals surface area contributed by atoms with Crippen LogP contribution in [0.1, 0.15) is 24.3 Å². The van der Waals surface area contributed by atoms with E-state index in [-0.39, 0.29) is 0 Å². The molecule has 0 saturated carbocycles. The van der Waals surface area contributed by atoms with Gasteiger partial charge < -0.3 is 10.6 Å². The van der Waals surface area contributed by atoms with Gasteiger partial charge in [-0.2, -0.15) is 4.31 Å². The summed E-state index contributed by atoms with van der Waals surface area (Å²) in [5.74, 6) is 0.697. The zero-order valence-corrected chi connectivity index (χ0v) is 18.8. The molecular weight excluding hydrogens is 416 g/mol. The fourth-order valence-electron chi connectivity index (χ4n) is 2.63. The third kappa shape index (κ3) is 6.20. The maximum absolute atomic E-state index is 12.6. The van der Waals surface area contributed by atoms with E-state index in [4.69, 9.17) is 11.6 Å². The molecule has 1 aromatic carbocycles. The number of halogens is 1. The Morgan fingerprint density at radius 2 is 1.79 bits per heavy atom. The van der Waals surface area contributed by atoms with Crippen molar-refractivity contribution in [2.24, 2.45) is 4.99 Å². The van der Waals surface area contributed by atoms with Gasteiger partial charge in [0.1, 0.15) is 4.21 Å². The van der Waals surface area contributed by atoms with Crippen LogP contribution >= 0.6 is 22.9 Å². The van der Waals surface area contributed by atoms with Crippen LogP contribution in [0.25, 0.3) is 0 Å². The minimum absolute atomic E-state index is 0.399. The van der Waals surface area contributed by atoms with E-state index >= 15 is 0 Å². The lowest BCUT2D eigenvalue weighted by Gasteiger charge is -2.16. The van der Waals surface area contributed by atoms with E-state index in [0.29, 0.717) is 41.4 Å². The zero-order chi connectivity index (χ0) is 20.6. The monoisotopic (exact) mass is 442 g/mol. The van der Waals surface area contributed by atoms with Crippen molar-refractivity contribution in [3.05, 3.63) is 51.9 Å². The van der Waals surface area contributed by atoms with Crippen molar-refractivity contribution in [1.29, 1.82) is 0 Å². The molecule has 0 bridgehead atoms. The number of nitrogens with zero attached hydrogens (tertiary/aromatic N) is 2. The van der Waals surface area contributed by atoms with E-state index in [0.717, 1.165) is 16.9 Å². The van der Waals surface area contributed by atoms with Gasteiger partial charge in [-0.25, -0.2) is 8.42 Å². The number of rotatable bonds is 9. The largest absolute Gasteiger partial charge is 0.356 e. The molecule has 0 spiro atoms. The molecule has 9 heteroatoms. The van der Waals surface area contributed by atoms with E-state index in [1.807, 2.05) is 44.2 Å². The molecule has 1 aromatic heterocycles. The number of aliphatic imine (C=N–C) groups is 1. The molecule has 0 aliphatic rings. The lowest BCUT2D eigenvalue weighted by atomic mass is 10.2. The summed E-state index contributed by atoms with van der Waals surface area (Å²) in [6.45, 7) is 5.95. The van der Waals surface area contributed by atoms with Crippen LogP contribution in [0.3, 0.4) is 0 Å². The predicted octanol–water partition coefficient (Wildman–Crippen LogP) is 3.34. The number of thiophene rings is 1. The number of benzene rings is 1. The molecule has 1 heterocycles. The van der Waals surface area contributed by atoms with Gasteiger partial charge in [-0.1, -0.05) is 37.6 Å². The number of nitrogens with one attached hydrogen (secondary N) is 2. The summed E-state index contributed by atoms with van der Waals surface area (Å²) in [4.78, 5) is 5.23. The summed E-state index contributed by atoms with van der Waals surface area (Å²) in [5.41, 5.74) is 1.11. The average Bonchev–Trinajstić information content (AvgIpc) is 3.16. The Labute approximate surface area is 176 Å². The Balaban J connectivity index is 1.85. The van der Waals surface area contributed by atoms with Crippen molar-refractivity contribution < 1.29 is 8.42 Å². The third-order valence-corrected chi connectivity index (χ3v) is 8.11. The van der Waals surface area contributed by atoms with Gasteiger partial charge in [0.25, 0.3) is 10.0 Å². The Kier molecular flexibility index (Phi) is 8.75. The molecule has 6 nitrogen and oxygen atoms in total. The first-order valence-corrected chi connectivity index (χ1v) is 11.8. The van der Waals surface area contributed by atoms with Crippen molar-refractivity contribution in [1.82, 2.24) is 14.9 Å². The van der Waals surface area contributed by atoms with Gasteiger partial charge in [0.15, 0.2) is 5.96 Å². The normalized spacial score (nSPS) is 12.4. The standard InChI is InChI=1S/C19H27ClN4O2S2/c1-4-24(5-2)28(25,26)18-11-10-17(27-18)12-13-22-19(21-3)23-14-15-6-8-16(20)9-7-15/h6-11H,4-5,12-14H2,1-3H3,(H2,21,22,23). The van der Waals surface area contributed by atoms with Gasteiger partial charge in [0.05, 0.1) is 0 Å². The minimum Gasteiger partial charge on any atom is -0.356 e. The second-order valence-corrected chi connectivity index (χ2v) is 9.81. The molecule has 0 unspecified atom stereocenters. The molecule has 2 rings (SSSR count). The summed E-state index contributed by atoms with van der Waals surface area (Å²) in [6.07, 6.45) is 0.722. The Morgan fingerprint density at radius 3 is 2.39 bits per heavy atom. The molecule has 0 fully saturated rings. The maximum Gasteiger partial charge on any atom is 0.252 e. The first-order valence-electron chi connectivity index (χ1n) is 9.18. The van der Waals surface area contributed by atoms with Gasteiger partial charge in [-0.05, 0) is 36.2 Å². The van der Waals surface area contributed by atoms with Crippen molar-refractivity contribution in [3.8, 4) is 0 Å². The fourth-order valence-corrected chi connectivity index (χ4v) is 5.73. The van der Waals surface area contributed by atoms with E-state index in [1.165, 1.54) is 15.6 Å². The second-order valence-electron chi connectivity index (χ2n) is 6.04. The van der Waals surface area contributed by atoms with Gasteiger partial charge in [-0.15, -0.1) is 11.3 Å². The highest BCUT2D eigenvalue weighted by molar-refractivity contribution is 7.91. The molecule has 2 N–H and O–H groups in total. The minimum atomic E-state index is -3.38. The summed E-state index contributed by atoms with van der Waals surface area (Å²) < 4.78 is 27.0. The lowest BCUT2D eigenvalue weighted by Crippen LogP contribution is -2.37. The fraction of sp³-hybridized carbons (Fsp3) is 0.421. The Bertz CT molecular complexity index is 876. The summed E-state index contributed by atoms with van der Waals surface area (Å²) in [7, 11) is -1.66. The van der Waals surface area contributed by atoms with E-state index in [2.05, 4.69) is 15.6 Å². The molecular formula is C19H27ClN4O2S2. The van der Waals surface area contributed by atoms with Crippen molar-refractivity contribution in [2.75, 3.05) is 26.7 Å². The molecule has 28 heavy (non-hydrogen) atoms. The number of guanidine groups is 1. The van der Waals surface area contributed by atoms with E-state index in [9.17, 15) is 8.42 Å². The molecule has 154 valence electrons. The molecule has 0 radical (unpaired) electrons. The topological polar surface area (TPSA) is 73.8 Å². The lowest BCUT2D eigenvalue weighted by molar-refractivity contribution is 0.447. The van der Waals surface area contributed by atoms with Crippen LogP contribution in [-0.2, 0) is 23.0 Å². The zero-order valence-electron chi connectivity index (χ0n) is 16.4. The van der Waals surface area contributed by atoms with Crippen LogP contribution in [-0.4, -0.2) is 45.4 Å². The second kappa shape index (κ2) is 10.8. The van der Waals surface area contributed by atoms with Crippen LogP contribution in [0.15, 0.2) is 45.6 Å². The number of sulfonamides is 1. The molecule has 2 aromatic rings. The summed E-state index contributed by atoms with van der Waals surface area (Å²) in [5, 5.41) is 7.21. The SMILES string of the molecule is CCN(CC)S(=O)(=O)c1ccc(CCNC(=NC)NCc2ccc(Cl)cc2)s1. The smallest absolute Gasteiger partial charge is 0.252 e. The summed E-state index contributed by atoms with van der Waals surface area (Å²) in [6, 6.07) is 11.2. The van der Waals surface area contributed by atoms with Gasteiger partial charge in [-0.3, -0.25) is 4.99 Å². The van der Waals surface area contributed by atoms with Gasteiger partial charge in [0, 0.05) is 43.1 Å². The Morgan fingerprint density at radius 1 is 1.11 bits per heavy atom. The number of hydrogen-bond acceptors (Lipinski definition) is 4. The van der Waals surface area contributed by atoms with E-state index < -0.39 is 10.0 Å². The quantitative estimate of drug-likeness (QED) is 0.461. The van der Waals surface area contributed by atoms with E-state index in [1.54, 1.807) is 13.1 Å². The molecule has 0 atom stereocenters. The first kappa shape index (κ1) is 22.7. The van der Waals surface area contributed by atoms with Crippen molar-refractivity contribution in [2.45, 2.75) is 31.0 Å². The van der Waals surface area contributed by atoms with Crippen LogP contribution < -0.4 is 10.6 Å². The van der Waals surface area contributed by atoms with Crippen LogP contribution in [0.4, 0.5) is 0 Å². The third-order valence-electron chi connectivity index (χ3n) is 4.20. The highest BCUT2D eigenvalue weighted by atomic mass is 35.5. The highest BCUT2D eigenvalue weighted by Gasteiger charge is 2.23. The van der Waals surface area contributed by atoms with Crippen LogP contribution in [0, 0.1) is 0 Å². The van der Waals surface area contributed by atoms with Crippen LogP contribution in [0.2, 0.25) is 5.02 Å².